The summed E-state index contributed by atoms with van der Waals surface area (Å²) >= 11 is 0. The van der Waals surface area contributed by atoms with Gasteiger partial charge in [-0.25, -0.2) is 0 Å². The fourth-order valence-electron chi connectivity index (χ4n) is 1.04. The van der Waals surface area contributed by atoms with Gasteiger partial charge in [0.25, 0.3) is 0 Å². The van der Waals surface area contributed by atoms with Crippen molar-refractivity contribution in [3.05, 3.63) is 24.3 Å². The van der Waals surface area contributed by atoms with Gasteiger partial charge in [0.1, 0.15) is 0 Å². The molecule has 0 saturated carbocycles. The van der Waals surface area contributed by atoms with E-state index in [0.717, 1.165) is 5.69 Å². The number of nitrogens with zero attached hydrogens (tertiary/aromatic N) is 2. The third kappa shape index (κ3) is 3.81. The van der Waals surface area contributed by atoms with Crippen molar-refractivity contribution >= 4 is 0 Å². The summed E-state index contributed by atoms with van der Waals surface area (Å²) in [6.45, 7) is 6.06. The van der Waals surface area contributed by atoms with E-state index < -0.39 is 5.60 Å². The molecule has 0 aromatic carbocycles. The third-order valence-corrected chi connectivity index (χ3v) is 1.87. The predicted molar refractivity (Wildman–Crippen MR) is 54.7 cm³/mol. The van der Waals surface area contributed by atoms with Crippen molar-refractivity contribution in [3.8, 4) is 0 Å². The summed E-state index contributed by atoms with van der Waals surface area (Å²) in [6.07, 6.45) is 5.03. The Morgan fingerprint density at radius 1 is 1.50 bits per heavy atom. The largest absolute Gasteiger partial charge is 0.389 e. The maximum Gasteiger partial charge on any atom is 0.0753 e. The lowest BCUT2D eigenvalue weighted by molar-refractivity contribution is 0.0769. The summed E-state index contributed by atoms with van der Waals surface area (Å²) in [4.78, 5) is 8.16. The van der Waals surface area contributed by atoms with Gasteiger partial charge in [-0.05, 0) is 20.8 Å². The smallest absolute Gasteiger partial charge is 0.0753 e. The second kappa shape index (κ2) is 4.48. The quantitative estimate of drug-likeness (QED) is 0.749. The molecule has 4 heteroatoms. The standard InChI is InChI=1S/C10H17N3O/c1-8(13-7-10(2,3)14)9-6-11-4-5-12-9/h4-6,8,13-14H,7H2,1-3H3. The van der Waals surface area contributed by atoms with Crippen molar-refractivity contribution in [2.45, 2.75) is 32.4 Å². The highest BCUT2D eigenvalue weighted by Crippen LogP contribution is 2.08. The molecule has 4 nitrogen and oxygen atoms in total. The van der Waals surface area contributed by atoms with Crippen LogP contribution in [0, 0.1) is 0 Å². The molecule has 0 saturated heterocycles. The highest BCUT2D eigenvalue weighted by Gasteiger charge is 2.14. The van der Waals surface area contributed by atoms with Crippen LogP contribution in [0.15, 0.2) is 18.6 Å². The third-order valence-electron chi connectivity index (χ3n) is 1.87. The van der Waals surface area contributed by atoms with Crippen molar-refractivity contribution in [2.24, 2.45) is 0 Å². The Morgan fingerprint density at radius 3 is 2.71 bits per heavy atom. The number of aliphatic hydroxyl groups is 1. The number of nitrogens with one attached hydrogen (secondary N) is 1. The summed E-state index contributed by atoms with van der Waals surface area (Å²) in [5.74, 6) is 0. The molecule has 0 aliphatic rings. The molecule has 0 aliphatic carbocycles. The Bertz CT molecular complexity index is 268. The minimum atomic E-state index is -0.698. The monoisotopic (exact) mass is 195 g/mol. The van der Waals surface area contributed by atoms with Crippen LogP contribution in [0.25, 0.3) is 0 Å². The van der Waals surface area contributed by atoms with E-state index in [1.54, 1.807) is 32.4 Å². The Labute approximate surface area is 84.4 Å². The molecule has 1 rings (SSSR count). The van der Waals surface area contributed by atoms with Gasteiger partial charge in [0.15, 0.2) is 0 Å². The molecular weight excluding hydrogens is 178 g/mol. The van der Waals surface area contributed by atoms with Crippen LogP contribution < -0.4 is 5.32 Å². The second-order valence-electron chi connectivity index (χ2n) is 4.05. The van der Waals surface area contributed by atoms with Gasteiger partial charge >= 0.3 is 0 Å². The maximum atomic E-state index is 9.51. The van der Waals surface area contributed by atoms with E-state index in [9.17, 15) is 5.11 Å². The Morgan fingerprint density at radius 2 is 2.21 bits per heavy atom. The SMILES string of the molecule is CC(NCC(C)(C)O)c1cnccn1. The highest BCUT2D eigenvalue weighted by molar-refractivity contribution is 5.00. The second-order valence-corrected chi connectivity index (χ2v) is 4.05. The fourth-order valence-corrected chi connectivity index (χ4v) is 1.04. The van der Waals surface area contributed by atoms with Gasteiger partial charge < -0.3 is 10.4 Å². The molecule has 14 heavy (non-hydrogen) atoms. The van der Waals surface area contributed by atoms with Crippen LogP contribution in [-0.2, 0) is 0 Å². The van der Waals surface area contributed by atoms with Crippen LogP contribution in [-0.4, -0.2) is 27.2 Å². The predicted octanol–water partition coefficient (Wildman–Crippen LogP) is 0.898. The summed E-state index contributed by atoms with van der Waals surface area (Å²) in [7, 11) is 0. The molecule has 1 aromatic heterocycles. The zero-order chi connectivity index (χ0) is 10.6. The van der Waals surface area contributed by atoms with Crippen molar-refractivity contribution in [2.75, 3.05) is 6.54 Å². The average Bonchev–Trinajstić information content (AvgIpc) is 2.14. The number of hydrogen-bond donors (Lipinski definition) is 2. The van der Waals surface area contributed by atoms with E-state index in [1.165, 1.54) is 0 Å². The van der Waals surface area contributed by atoms with E-state index in [4.69, 9.17) is 0 Å². The fraction of sp³-hybridized carbons (Fsp3) is 0.600. The molecule has 0 aliphatic heterocycles. The van der Waals surface area contributed by atoms with E-state index >= 15 is 0 Å². The summed E-state index contributed by atoms with van der Waals surface area (Å²) in [6, 6.07) is 0.107. The van der Waals surface area contributed by atoms with Crippen LogP contribution in [0.4, 0.5) is 0 Å². The van der Waals surface area contributed by atoms with Crippen LogP contribution in [0.1, 0.15) is 32.5 Å². The van der Waals surface area contributed by atoms with Crippen molar-refractivity contribution in [1.29, 1.82) is 0 Å². The van der Waals surface area contributed by atoms with Gasteiger partial charge in [0.05, 0.1) is 11.3 Å². The molecule has 0 fully saturated rings. The lowest BCUT2D eigenvalue weighted by atomic mass is 10.1. The van der Waals surface area contributed by atoms with Crippen molar-refractivity contribution in [3.63, 3.8) is 0 Å². The molecule has 78 valence electrons. The number of aromatic nitrogens is 2. The summed E-state index contributed by atoms with van der Waals surface area (Å²) in [5, 5.41) is 12.7. The first-order chi connectivity index (χ1) is 6.49. The molecule has 1 atom stereocenters. The minimum absolute atomic E-state index is 0.107. The first-order valence-corrected chi connectivity index (χ1v) is 4.71. The molecule has 1 heterocycles. The zero-order valence-corrected chi connectivity index (χ0v) is 8.86. The molecule has 0 spiro atoms. The molecular formula is C10H17N3O. The lowest BCUT2D eigenvalue weighted by Gasteiger charge is -2.21. The van der Waals surface area contributed by atoms with Crippen molar-refractivity contribution in [1.82, 2.24) is 15.3 Å². The number of rotatable bonds is 4. The topological polar surface area (TPSA) is 58.0 Å². The van der Waals surface area contributed by atoms with Crippen LogP contribution in [0.5, 0.6) is 0 Å². The van der Waals surface area contributed by atoms with E-state index in [-0.39, 0.29) is 6.04 Å². The highest BCUT2D eigenvalue weighted by atomic mass is 16.3. The molecule has 0 amide bonds. The first-order valence-electron chi connectivity index (χ1n) is 4.71. The number of hydrogen-bond acceptors (Lipinski definition) is 4. The molecule has 0 radical (unpaired) electrons. The summed E-state index contributed by atoms with van der Waals surface area (Å²) in [5.41, 5.74) is 0.188. The van der Waals surface area contributed by atoms with E-state index in [2.05, 4.69) is 15.3 Å². The first kappa shape index (κ1) is 11.1. The van der Waals surface area contributed by atoms with Gasteiger partial charge in [0.2, 0.25) is 0 Å². The Kier molecular flexibility index (Phi) is 3.55. The van der Waals surface area contributed by atoms with E-state index in [1.807, 2.05) is 6.92 Å². The normalized spacial score (nSPS) is 14.0. The molecule has 2 N–H and O–H groups in total. The molecule has 1 unspecified atom stereocenters. The lowest BCUT2D eigenvalue weighted by Crippen LogP contribution is -2.36. The molecule has 0 bridgehead atoms. The van der Waals surface area contributed by atoms with Gasteiger partial charge in [-0.3, -0.25) is 9.97 Å². The van der Waals surface area contributed by atoms with Gasteiger partial charge in [-0.2, -0.15) is 0 Å². The average molecular weight is 195 g/mol. The molecule has 1 aromatic rings. The van der Waals surface area contributed by atoms with Gasteiger partial charge in [0, 0.05) is 31.2 Å². The Hall–Kier alpha value is -1.00. The van der Waals surface area contributed by atoms with Crippen LogP contribution in [0.3, 0.4) is 0 Å². The Balaban J connectivity index is 2.48. The van der Waals surface area contributed by atoms with Crippen molar-refractivity contribution < 1.29 is 5.11 Å². The van der Waals surface area contributed by atoms with Crippen LogP contribution in [0.2, 0.25) is 0 Å². The minimum Gasteiger partial charge on any atom is -0.389 e. The van der Waals surface area contributed by atoms with Crippen LogP contribution >= 0.6 is 0 Å². The van der Waals surface area contributed by atoms with E-state index in [0.29, 0.717) is 6.54 Å². The van der Waals surface area contributed by atoms with Gasteiger partial charge in [-0.1, -0.05) is 0 Å². The van der Waals surface area contributed by atoms with Gasteiger partial charge in [-0.15, -0.1) is 0 Å². The summed E-state index contributed by atoms with van der Waals surface area (Å²) < 4.78 is 0. The zero-order valence-electron chi connectivity index (χ0n) is 8.86. The maximum absolute atomic E-state index is 9.51.